The Morgan fingerprint density at radius 2 is 2.07 bits per heavy atom. The molecule has 0 amide bonds. The average molecular weight is 296 g/mol. The fourth-order valence-electron chi connectivity index (χ4n) is 1.54. The monoisotopic (exact) mass is 297 g/mol. The van der Waals surface area contributed by atoms with E-state index in [1.54, 1.807) is 0 Å². The molecule has 0 unspecified atom stereocenters. The van der Waals surface area contributed by atoms with Gasteiger partial charge in [0.25, 0.3) is 0 Å². The first-order valence-corrected chi connectivity index (χ1v) is 7.73. The third kappa shape index (κ3) is 1.95. The first-order valence-electron chi connectivity index (χ1n) is 4.87. The standard InChI is InChI=1S/C11H12NO.Sn.3H/c1-11(2)8-13-10(12-11)9-6-4-3-5-7-9;;;;/h3-6H,8H2,1-2H3;;;;. The van der Waals surface area contributed by atoms with Crippen LogP contribution in [0, 0.1) is 0 Å². The molecule has 0 atom stereocenters. The Kier molecular flexibility index (Phi) is 2.56. The quantitative estimate of drug-likeness (QED) is 0.680. The fraction of sp³-hybridized carbons (Fsp3) is 0.364. The van der Waals surface area contributed by atoms with Gasteiger partial charge in [0, 0.05) is 0 Å². The zero-order valence-corrected chi connectivity index (χ0v) is 14.6. The Bertz CT molecular complexity index is 385. The van der Waals surface area contributed by atoms with E-state index in [0.717, 1.165) is 5.90 Å². The van der Waals surface area contributed by atoms with Crippen LogP contribution in [0.1, 0.15) is 19.4 Å². The number of rotatable bonds is 1. The van der Waals surface area contributed by atoms with E-state index in [0.29, 0.717) is 29.1 Å². The Labute approximate surface area is 97.5 Å². The normalized spacial score (nSPS) is 19.1. The molecule has 0 radical (unpaired) electrons. The molecule has 1 aliphatic heterocycles. The summed E-state index contributed by atoms with van der Waals surface area (Å²) in [6.07, 6.45) is 0. The first-order chi connectivity index (χ1) is 6.58. The summed E-state index contributed by atoms with van der Waals surface area (Å²) in [6, 6.07) is 8.40. The second-order valence-electron chi connectivity index (χ2n) is 4.33. The van der Waals surface area contributed by atoms with E-state index in [-0.39, 0.29) is 5.54 Å². The maximum absolute atomic E-state index is 5.62. The van der Waals surface area contributed by atoms with Crippen molar-refractivity contribution in [3.8, 4) is 0 Å². The molecule has 14 heavy (non-hydrogen) atoms. The summed E-state index contributed by atoms with van der Waals surface area (Å²) < 4.78 is 7.04. The molecular weight excluding hydrogens is 281 g/mol. The molecule has 0 fully saturated rings. The number of nitrogens with zero attached hydrogens (tertiary/aromatic N) is 1. The van der Waals surface area contributed by atoms with Crippen LogP contribution in [0.2, 0.25) is 0 Å². The van der Waals surface area contributed by atoms with Crippen molar-refractivity contribution in [2.75, 3.05) is 6.61 Å². The minimum absolute atomic E-state index is 0.0485. The average Bonchev–Trinajstić information content (AvgIpc) is 2.47. The number of hydrogen-bond donors (Lipinski definition) is 0. The van der Waals surface area contributed by atoms with Crippen LogP contribution in [-0.4, -0.2) is 40.6 Å². The summed E-state index contributed by atoms with van der Waals surface area (Å²) in [7, 11) is 0. The molecule has 2 nitrogen and oxygen atoms in total. The Morgan fingerprint density at radius 1 is 1.36 bits per heavy atom. The predicted molar refractivity (Wildman–Crippen MR) is 62.6 cm³/mol. The van der Waals surface area contributed by atoms with Crippen molar-refractivity contribution in [1.82, 2.24) is 0 Å². The Balaban J connectivity index is 2.38. The first kappa shape index (κ1) is 10.0. The molecule has 1 aliphatic rings. The van der Waals surface area contributed by atoms with Gasteiger partial charge >= 0.3 is 97.6 Å². The van der Waals surface area contributed by atoms with Gasteiger partial charge in [-0.2, -0.15) is 0 Å². The molecule has 1 aromatic rings. The maximum atomic E-state index is 5.62. The van der Waals surface area contributed by atoms with Crippen LogP contribution in [0.5, 0.6) is 0 Å². The van der Waals surface area contributed by atoms with E-state index in [2.05, 4.69) is 37.0 Å². The molecule has 1 aromatic carbocycles. The van der Waals surface area contributed by atoms with Gasteiger partial charge in [-0.1, -0.05) is 0 Å². The zero-order valence-electron chi connectivity index (χ0n) is 8.87. The van der Waals surface area contributed by atoms with Gasteiger partial charge in [-0.15, -0.1) is 0 Å². The van der Waals surface area contributed by atoms with Crippen LogP contribution < -0.4 is 3.58 Å². The zero-order chi connectivity index (χ0) is 10.2. The van der Waals surface area contributed by atoms with Gasteiger partial charge < -0.3 is 0 Å². The summed E-state index contributed by atoms with van der Waals surface area (Å²) in [5, 5.41) is 0. The SMILES string of the molecule is CC1(C)COC(c2cccc[c]2[SnH3])=N1. The molecule has 0 spiro atoms. The summed E-state index contributed by atoms with van der Waals surface area (Å²) in [5.74, 6) is 0.838. The van der Waals surface area contributed by atoms with Gasteiger partial charge in [0.1, 0.15) is 0 Å². The van der Waals surface area contributed by atoms with Crippen molar-refractivity contribution >= 4 is 32.0 Å². The second kappa shape index (κ2) is 3.57. The van der Waals surface area contributed by atoms with Crippen molar-refractivity contribution in [3.05, 3.63) is 29.8 Å². The van der Waals surface area contributed by atoms with E-state index in [9.17, 15) is 0 Å². The van der Waals surface area contributed by atoms with Crippen LogP contribution in [0.25, 0.3) is 0 Å². The predicted octanol–water partition coefficient (Wildman–Crippen LogP) is 0.233. The molecule has 0 N–H and O–H groups in total. The minimum atomic E-state index is -0.0485. The summed E-state index contributed by atoms with van der Waals surface area (Å²) in [5.41, 5.74) is 1.15. The molecule has 2 rings (SSSR count). The molecule has 1 heterocycles. The van der Waals surface area contributed by atoms with Crippen molar-refractivity contribution in [3.63, 3.8) is 0 Å². The van der Waals surface area contributed by atoms with Gasteiger partial charge in [0.15, 0.2) is 0 Å². The molecule has 74 valence electrons. The number of ether oxygens (including phenoxy) is 1. The molecule has 0 aromatic heterocycles. The summed E-state index contributed by atoms with van der Waals surface area (Å²) in [6.45, 7) is 4.90. The summed E-state index contributed by atoms with van der Waals surface area (Å²) in [4.78, 5) is 4.58. The van der Waals surface area contributed by atoms with Crippen LogP contribution in [0.4, 0.5) is 0 Å². The number of benzene rings is 1. The van der Waals surface area contributed by atoms with Gasteiger partial charge in [0.05, 0.1) is 0 Å². The molecule has 3 heteroatoms. The van der Waals surface area contributed by atoms with Crippen molar-refractivity contribution < 1.29 is 4.74 Å². The Morgan fingerprint density at radius 3 is 2.64 bits per heavy atom. The number of aliphatic imine (C=N–C) groups is 1. The van der Waals surface area contributed by atoms with E-state index >= 15 is 0 Å². The van der Waals surface area contributed by atoms with E-state index < -0.39 is 0 Å². The molecular formula is C11H15NOSn. The van der Waals surface area contributed by atoms with Crippen molar-refractivity contribution in [1.29, 1.82) is 0 Å². The van der Waals surface area contributed by atoms with Gasteiger partial charge in [0.2, 0.25) is 0 Å². The summed E-state index contributed by atoms with van der Waals surface area (Å²) >= 11 is 0.500. The van der Waals surface area contributed by atoms with Crippen LogP contribution in [0.15, 0.2) is 29.3 Å². The molecule has 0 aliphatic carbocycles. The van der Waals surface area contributed by atoms with Crippen LogP contribution >= 0.6 is 0 Å². The molecule has 0 saturated heterocycles. The molecule has 0 bridgehead atoms. The van der Waals surface area contributed by atoms with Gasteiger partial charge in [-0.05, 0) is 0 Å². The fourth-order valence-corrected chi connectivity index (χ4v) is 3.17. The van der Waals surface area contributed by atoms with E-state index in [4.69, 9.17) is 4.74 Å². The topological polar surface area (TPSA) is 21.6 Å². The third-order valence-corrected chi connectivity index (χ3v) is 4.83. The van der Waals surface area contributed by atoms with Crippen LogP contribution in [-0.2, 0) is 4.74 Å². The van der Waals surface area contributed by atoms with Gasteiger partial charge in [-0.3, -0.25) is 0 Å². The molecule has 0 saturated carbocycles. The van der Waals surface area contributed by atoms with Crippen molar-refractivity contribution in [2.24, 2.45) is 4.99 Å². The van der Waals surface area contributed by atoms with Crippen LogP contribution in [0.3, 0.4) is 0 Å². The Hall–Kier alpha value is -0.511. The van der Waals surface area contributed by atoms with E-state index in [1.807, 2.05) is 6.07 Å². The van der Waals surface area contributed by atoms with Crippen molar-refractivity contribution in [2.45, 2.75) is 19.4 Å². The van der Waals surface area contributed by atoms with E-state index in [1.165, 1.54) is 9.14 Å². The second-order valence-corrected chi connectivity index (χ2v) is 7.41. The van der Waals surface area contributed by atoms with Gasteiger partial charge in [-0.25, -0.2) is 0 Å². The number of hydrogen-bond acceptors (Lipinski definition) is 2. The third-order valence-electron chi connectivity index (χ3n) is 2.34.